The molecular weight excluding hydrogens is 304 g/mol. The SMILES string of the molecule is COc1ccc2cc(C(O)Cc3ccc(Cl)s3)ccc2c1. The van der Waals surface area contributed by atoms with Gasteiger partial charge in [-0.25, -0.2) is 0 Å². The lowest BCUT2D eigenvalue weighted by molar-refractivity contribution is 0.179. The highest BCUT2D eigenvalue weighted by Gasteiger charge is 2.11. The first-order chi connectivity index (χ1) is 10.2. The van der Waals surface area contributed by atoms with E-state index in [2.05, 4.69) is 0 Å². The van der Waals surface area contributed by atoms with E-state index in [1.807, 2.05) is 48.5 Å². The van der Waals surface area contributed by atoms with Crippen LogP contribution in [0.1, 0.15) is 16.5 Å². The first kappa shape index (κ1) is 14.4. The molecule has 2 aromatic carbocycles. The summed E-state index contributed by atoms with van der Waals surface area (Å²) in [5, 5.41) is 12.6. The van der Waals surface area contributed by atoms with Crippen LogP contribution in [-0.2, 0) is 6.42 Å². The molecular formula is C17H15ClO2S. The first-order valence-electron chi connectivity index (χ1n) is 6.66. The van der Waals surface area contributed by atoms with E-state index in [9.17, 15) is 5.11 Å². The van der Waals surface area contributed by atoms with E-state index in [-0.39, 0.29) is 0 Å². The highest BCUT2D eigenvalue weighted by Crippen LogP contribution is 2.29. The third-order valence-corrected chi connectivity index (χ3v) is 4.73. The monoisotopic (exact) mass is 318 g/mol. The summed E-state index contributed by atoms with van der Waals surface area (Å²) >= 11 is 7.43. The Morgan fingerprint density at radius 1 is 1.10 bits per heavy atom. The van der Waals surface area contributed by atoms with Crippen molar-refractivity contribution in [2.75, 3.05) is 7.11 Å². The smallest absolute Gasteiger partial charge is 0.119 e. The molecule has 108 valence electrons. The van der Waals surface area contributed by atoms with Gasteiger partial charge in [0.25, 0.3) is 0 Å². The fourth-order valence-electron chi connectivity index (χ4n) is 2.35. The van der Waals surface area contributed by atoms with Crippen LogP contribution in [0.5, 0.6) is 5.75 Å². The van der Waals surface area contributed by atoms with Crippen LogP contribution in [-0.4, -0.2) is 12.2 Å². The number of aliphatic hydroxyl groups excluding tert-OH is 1. The fraction of sp³-hybridized carbons (Fsp3) is 0.176. The zero-order chi connectivity index (χ0) is 14.8. The van der Waals surface area contributed by atoms with Gasteiger partial charge in [-0.2, -0.15) is 0 Å². The van der Waals surface area contributed by atoms with Crippen molar-refractivity contribution in [3.8, 4) is 5.75 Å². The maximum atomic E-state index is 10.4. The summed E-state index contributed by atoms with van der Waals surface area (Å²) in [4.78, 5) is 1.09. The second-order valence-electron chi connectivity index (χ2n) is 4.90. The fourth-order valence-corrected chi connectivity index (χ4v) is 3.47. The predicted octanol–water partition coefficient (Wildman–Crippen LogP) is 4.84. The van der Waals surface area contributed by atoms with E-state index < -0.39 is 6.10 Å². The molecule has 0 amide bonds. The standard InChI is InChI=1S/C17H15ClO2S/c1-20-14-5-4-11-8-13(3-2-12(11)9-14)16(19)10-15-6-7-17(18)21-15/h2-9,16,19H,10H2,1H3. The van der Waals surface area contributed by atoms with E-state index in [1.54, 1.807) is 7.11 Å². The minimum Gasteiger partial charge on any atom is -0.497 e. The normalized spacial score (nSPS) is 12.5. The molecule has 4 heteroatoms. The number of thiophene rings is 1. The van der Waals surface area contributed by atoms with E-state index in [1.165, 1.54) is 11.3 Å². The molecule has 1 N–H and O–H groups in total. The van der Waals surface area contributed by atoms with Crippen molar-refractivity contribution in [2.45, 2.75) is 12.5 Å². The number of fused-ring (bicyclic) bond motifs is 1. The van der Waals surface area contributed by atoms with Gasteiger partial charge < -0.3 is 9.84 Å². The van der Waals surface area contributed by atoms with Crippen LogP contribution in [0.4, 0.5) is 0 Å². The second kappa shape index (κ2) is 6.06. The first-order valence-corrected chi connectivity index (χ1v) is 7.85. The molecule has 0 bridgehead atoms. The molecule has 0 aliphatic rings. The molecule has 21 heavy (non-hydrogen) atoms. The molecule has 1 heterocycles. The molecule has 0 saturated carbocycles. The van der Waals surface area contributed by atoms with Crippen LogP contribution in [0.3, 0.4) is 0 Å². The Morgan fingerprint density at radius 2 is 1.86 bits per heavy atom. The van der Waals surface area contributed by atoms with E-state index >= 15 is 0 Å². The third-order valence-electron chi connectivity index (χ3n) is 3.48. The molecule has 0 spiro atoms. The number of halogens is 1. The van der Waals surface area contributed by atoms with Gasteiger partial charge in [-0.15, -0.1) is 11.3 Å². The van der Waals surface area contributed by atoms with Gasteiger partial charge in [0.1, 0.15) is 5.75 Å². The number of rotatable bonds is 4. The summed E-state index contributed by atoms with van der Waals surface area (Å²) in [7, 11) is 1.66. The molecule has 0 saturated heterocycles. The lowest BCUT2D eigenvalue weighted by Crippen LogP contribution is -2.00. The number of methoxy groups -OCH3 is 1. The van der Waals surface area contributed by atoms with Gasteiger partial charge in [0.2, 0.25) is 0 Å². The highest BCUT2D eigenvalue weighted by molar-refractivity contribution is 7.16. The largest absolute Gasteiger partial charge is 0.497 e. The van der Waals surface area contributed by atoms with Gasteiger partial charge in [-0.3, -0.25) is 0 Å². The molecule has 0 aliphatic carbocycles. The molecule has 0 radical (unpaired) electrons. The van der Waals surface area contributed by atoms with Gasteiger partial charge in [0, 0.05) is 11.3 Å². The Bertz CT molecular complexity index is 766. The molecule has 3 rings (SSSR count). The summed E-state index contributed by atoms with van der Waals surface area (Å²) in [5.41, 5.74) is 0.914. The summed E-state index contributed by atoms with van der Waals surface area (Å²) in [6, 6.07) is 15.7. The summed E-state index contributed by atoms with van der Waals surface area (Å²) in [6.45, 7) is 0. The summed E-state index contributed by atoms with van der Waals surface area (Å²) < 4.78 is 5.97. The highest BCUT2D eigenvalue weighted by atomic mass is 35.5. The third kappa shape index (κ3) is 3.21. The molecule has 0 aliphatic heterocycles. The Balaban J connectivity index is 1.86. The minimum absolute atomic E-state index is 0.522. The maximum Gasteiger partial charge on any atom is 0.119 e. The van der Waals surface area contributed by atoms with Crippen molar-refractivity contribution in [1.82, 2.24) is 0 Å². The average Bonchev–Trinajstić information content (AvgIpc) is 2.91. The summed E-state index contributed by atoms with van der Waals surface area (Å²) in [6.07, 6.45) is 0.0604. The second-order valence-corrected chi connectivity index (χ2v) is 6.70. The Hall–Kier alpha value is -1.55. The van der Waals surface area contributed by atoms with Gasteiger partial charge in [0.05, 0.1) is 17.6 Å². The van der Waals surface area contributed by atoms with Crippen molar-refractivity contribution >= 4 is 33.7 Å². The quantitative estimate of drug-likeness (QED) is 0.746. The van der Waals surface area contributed by atoms with Crippen LogP contribution >= 0.6 is 22.9 Å². The Labute approximate surface area is 132 Å². The molecule has 1 atom stereocenters. The topological polar surface area (TPSA) is 29.5 Å². The maximum absolute atomic E-state index is 10.4. The summed E-state index contributed by atoms with van der Waals surface area (Å²) in [5.74, 6) is 0.837. The number of hydrogen-bond donors (Lipinski definition) is 1. The molecule has 0 fully saturated rings. The van der Waals surface area contributed by atoms with Crippen LogP contribution in [0.2, 0.25) is 4.34 Å². The van der Waals surface area contributed by atoms with Crippen LogP contribution in [0, 0.1) is 0 Å². The molecule has 1 unspecified atom stereocenters. The van der Waals surface area contributed by atoms with Crippen molar-refractivity contribution in [3.63, 3.8) is 0 Å². The minimum atomic E-state index is -0.522. The Kier molecular flexibility index (Phi) is 4.15. The molecule has 1 aromatic heterocycles. The predicted molar refractivity (Wildman–Crippen MR) is 88.5 cm³/mol. The van der Waals surface area contributed by atoms with Crippen LogP contribution < -0.4 is 4.74 Å². The zero-order valence-corrected chi connectivity index (χ0v) is 13.1. The molecule has 2 nitrogen and oxygen atoms in total. The number of aliphatic hydroxyl groups is 1. The van der Waals surface area contributed by atoms with Gasteiger partial charge in [-0.1, -0.05) is 29.8 Å². The van der Waals surface area contributed by atoms with E-state index in [0.717, 1.165) is 31.3 Å². The van der Waals surface area contributed by atoms with Gasteiger partial charge >= 0.3 is 0 Å². The van der Waals surface area contributed by atoms with E-state index in [0.29, 0.717) is 6.42 Å². The number of ether oxygens (including phenoxy) is 1. The van der Waals surface area contributed by atoms with E-state index in [4.69, 9.17) is 16.3 Å². The zero-order valence-electron chi connectivity index (χ0n) is 11.5. The van der Waals surface area contributed by atoms with Gasteiger partial charge in [0.15, 0.2) is 0 Å². The van der Waals surface area contributed by atoms with Crippen molar-refractivity contribution in [2.24, 2.45) is 0 Å². The lowest BCUT2D eigenvalue weighted by atomic mass is 10.0. The lowest BCUT2D eigenvalue weighted by Gasteiger charge is -2.11. The molecule has 3 aromatic rings. The van der Waals surface area contributed by atoms with Crippen molar-refractivity contribution in [1.29, 1.82) is 0 Å². The number of hydrogen-bond acceptors (Lipinski definition) is 3. The van der Waals surface area contributed by atoms with Gasteiger partial charge in [-0.05, 0) is 46.7 Å². The average molecular weight is 319 g/mol. The Morgan fingerprint density at radius 3 is 2.57 bits per heavy atom. The van der Waals surface area contributed by atoms with Crippen molar-refractivity contribution < 1.29 is 9.84 Å². The van der Waals surface area contributed by atoms with Crippen LogP contribution in [0.25, 0.3) is 10.8 Å². The van der Waals surface area contributed by atoms with Crippen LogP contribution in [0.15, 0.2) is 48.5 Å². The van der Waals surface area contributed by atoms with Crippen molar-refractivity contribution in [3.05, 3.63) is 63.3 Å². The number of benzene rings is 2.